The summed E-state index contributed by atoms with van der Waals surface area (Å²) in [5, 5.41) is 3.40. The molecule has 1 aliphatic rings. The number of amides is 2. The van der Waals surface area contributed by atoms with Crippen LogP contribution in [0.15, 0.2) is 23.2 Å². The molecule has 2 amide bonds. The number of nitrogens with one attached hydrogen (secondary N) is 1. The Kier molecular flexibility index (Phi) is 9.62. The second-order valence-electron chi connectivity index (χ2n) is 9.13. The van der Waals surface area contributed by atoms with Gasteiger partial charge >= 0.3 is 11.9 Å². The number of benzene rings is 1. The van der Waals surface area contributed by atoms with E-state index < -0.39 is 11.9 Å². The minimum Gasteiger partial charge on any atom is -0.465 e. The molecule has 1 unspecified atom stereocenters. The number of esters is 2. The lowest BCUT2D eigenvalue weighted by atomic mass is 9.88. The number of hydrogen-bond donors (Lipinski definition) is 1. The molecule has 1 aliphatic carbocycles. The smallest absolute Gasteiger partial charge is 0.341 e. The third kappa shape index (κ3) is 6.62. The third-order valence-corrected chi connectivity index (χ3v) is 9.47. The Bertz CT molecular complexity index is 1490. The van der Waals surface area contributed by atoms with Gasteiger partial charge in [-0.05, 0) is 62.8 Å². The van der Waals surface area contributed by atoms with Gasteiger partial charge in [0.05, 0.1) is 46.6 Å². The molecule has 1 atom stereocenters. The molecule has 0 radical (unpaired) electrons. The molecule has 39 heavy (non-hydrogen) atoms. The Balaban J connectivity index is 1.42. The van der Waals surface area contributed by atoms with Gasteiger partial charge in [0.25, 0.3) is 5.91 Å². The lowest BCUT2D eigenvalue weighted by Gasteiger charge is -2.18. The van der Waals surface area contributed by atoms with E-state index in [0.29, 0.717) is 33.4 Å². The van der Waals surface area contributed by atoms with E-state index in [2.05, 4.69) is 17.2 Å². The van der Waals surface area contributed by atoms with Crippen molar-refractivity contribution in [1.29, 1.82) is 0 Å². The number of aryl methyl sites for hydroxylation is 1. The van der Waals surface area contributed by atoms with Gasteiger partial charge in [0.1, 0.15) is 5.00 Å². The summed E-state index contributed by atoms with van der Waals surface area (Å²) in [5.41, 5.74) is 2.76. The van der Waals surface area contributed by atoms with Crippen LogP contribution in [0, 0.1) is 5.92 Å². The highest BCUT2D eigenvalue weighted by Crippen LogP contribution is 2.40. The monoisotopic (exact) mass is 589 g/mol. The van der Waals surface area contributed by atoms with Crippen molar-refractivity contribution in [2.75, 3.05) is 30.5 Å². The van der Waals surface area contributed by atoms with Gasteiger partial charge in [-0.25, -0.2) is 9.59 Å². The molecule has 4 rings (SSSR count). The van der Waals surface area contributed by atoms with E-state index in [-0.39, 0.29) is 29.9 Å². The summed E-state index contributed by atoms with van der Waals surface area (Å²) in [4.78, 5) is 55.8. The average Bonchev–Trinajstić information content (AvgIpc) is 3.43. The van der Waals surface area contributed by atoms with Crippen molar-refractivity contribution in [3.63, 3.8) is 0 Å². The number of carbonyl (C=O) groups is 4. The van der Waals surface area contributed by atoms with Crippen LogP contribution >= 0.6 is 34.4 Å². The zero-order valence-corrected chi connectivity index (χ0v) is 24.8. The second kappa shape index (κ2) is 12.9. The fraction of sp³-hybridized carbons (Fsp3) is 0.444. The summed E-state index contributed by atoms with van der Waals surface area (Å²) < 4.78 is 12.8. The number of aromatic nitrogens is 1. The van der Waals surface area contributed by atoms with Crippen LogP contribution in [-0.2, 0) is 38.4 Å². The molecular weight excluding hydrogens is 559 g/mol. The molecule has 0 aliphatic heterocycles. The minimum absolute atomic E-state index is 0.0297. The molecule has 2 heterocycles. The van der Waals surface area contributed by atoms with Crippen molar-refractivity contribution in [2.45, 2.75) is 46.6 Å². The van der Waals surface area contributed by atoms with Gasteiger partial charge < -0.3 is 19.4 Å². The number of methoxy groups -OCH3 is 1. The van der Waals surface area contributed by atoms with E-state index in [4.69, 9.17) is 9.47 Å². The van der Waals surface area contributed by atoms with Crippen molar-refractivity contribution in [3.05, 3.63) is 44.6 Å². The number of rotatable bonds is 9. The van der Waals surface area contributed by atoms with E-state index in [1.54, 1.807) is 19.1 Å². The number of thiophene rings is 1. The van der Waals surface area contributed by atoms with Gasteiger partial charge in [0.15, 0.2) is 4.80 Å². The lowest BCUT2D eigenvalue weighted by molar-refractivity contribution is -0.115. The quantitative estimate of drug-likeness (QED) is 0.361. The predicted molar refractivity (Wildman–Crippen MR) is 155 cm³/mol. The van der Waals surface area contributed by atoms with E-state index in [1.807, 2.05) is 17.6 Å². The summed E-state index contributed by atoms with van der Waals surface area (Å²) in [6.07, 6.45) is 2.67. The number of nitrogens with zero attached hydrogens (tertiary/aromatic N) is 2. The van der Waals surface area contributed by atoms with Crippen LogP contribution < -0.4 is 10.1 Å². The number of hydrogen-bond acceptors (Lipinski definition) is 9. The first-order valence-corrected chi connectivity index (χ1v) is 15.5. The van der Waals surface area contributed by atoms with Crippen LogP contribution in [-0.4, -0.2) is 53.5 Å². The molecule has 9 nitrogen and oxygen atoms in total. The van der Waals surface area contributed by atoms with E-state index in [0.717, 1.165) is 51.7 Å². The lowest BCUT2D eigenvalue weighted by Crippen LogP contribution is -2.19. The Morgan fingerprint density at radius 1 is 1.15 bits per heavy atom. The standard InChI is InChI=1S/C27H31N3O6S3/c1-5-30-18-10-8-16(25(33)35-4)12-20(18)39-27(30)29-22(32)14-37-13-21(31)28-24-23(26(34)36-6-2)17-9-7-15(3)11-19(17)38-24/h8,10,12,15H,5-7,9,11,13-14H2,1-4H3,(H,28,31). The highest BCUT2D eigenvalue weighted by atomic mass is 32.2. The van der Waals surface area contributed by atoms with Crippen LogP contribution in [0.3, 0.4) is 0 Å². The van der Waals surface area contributed by atoms with Crippen LogP contribution in [0.5, 0.6) is 0 Å². The summed E-state index contributed by atoms with van der Waals surface area (Å²) in [5.74, 6) is -0.875. The van der Waals surface area contributed by atoms with Crippen molar-refractivity contribution in [1.82, 2.24) is 4.57 Å². The van der Waals surface area contributed by atoms with Gasteiger partial charge in [-0.1, -0.05) is 18.3 Å². The number of anilines is 1. The Hall–Kier alpha value is -2.96. The Morgan fingerprint density at radius 3 is 2.67 bits per heavy atom. The van der Waals surface area contributed by atoms with Crippen molar-refractivity contribution >= 4 is 73.4 Å². The maximum atomic E-state index is 12.7. The van der Waals surface area contributed by atoms with Crippen LogP contribution in [0.2, 0.25) is 0 Å². The number of carbonyl (C=O) groups excluding carboxylic acids is 4. The van der Waals surface area contributed by atoms with Gasteiger partial charge in [-0.15, -0.1) is 23.1 Å². The van der Waals surface area contributed by atoms with Gasteiger partial charge in [-0.2, -0.15) is 4.99 Å². The predicted octanol–water partition coefficient (Wildman–Crippen LogP) is 4.67. The SMILES string of the molecule is CCOC(=O)c1c(NC(=O)CSCC(=O)N=c2sc3cc(C(=O)OC)ccc3n2CC)sc2c1CCC(C)C2. The van der Waals surface area contributed by atoms with Crippen molar-refractivity contribution in [2.24, 2.45) is 10.9 Å². The van der Waals surface area contributed by atoms with Gasteiger partial charge in [-0.3, -0.25) is 9.59 Å². The fourth-order valence-electron chi connectivity index (χ4n) is 4.50. The second-order valence-corrected chi connectivity index (χ2v) is 12.2. The molecule has 0 fully saturated rings. The van der Waals surface area contributed by atoms with Crippen LogP contribution in [0.4, 0.5) is 5.00 Å². The minimum atomic E-state index is -0.427. The maximum Gasteiger partial charge on any atom is 0.341 e. The highest BCUT2D eigenvalue weighted by molar-refractivity contribution is 8.00. The van der Waals surface area contributed by atoms with Crippen LogP contribution in [0.25, 0.3) is 10.2 Å². The zero-order valence-electron chi connectivity index (χ0n) is 22.3. The van der Waals surface area contributed by atoms with E-state index in [1.165, 1.54) is 29.8 Å². The normalized spacial score (nSPS) is 15.2. The van der Waals surface area contributed by atoms with Gasteiger partial charge in [0, 0.05) is 11.4 Å². The van der Waals surface area contributed by atoms with Crippen molar-refractivity contribution in [3.8, 4) is 0 Å². The Morgan fingerprint density at radius 2 is 1.95 bits per heavy atom. The molecular formula is C27H31N3O6S3. The maximum absolute atomic E-state index is 12.7. The molecule has 0 saturated heterocycles. The first-order valence-electron chi connectivity index (χ1n) is 12.7. The molecule has 2 aromatic heterocycles. The summed E-state index contributed by atoms with van der Waals surface area (Å²) in [7, 11) is 1.33. The van der Waals surface area contributed by atoms with Gasteiger partial charge in [0.2, 0.25) is 5.91 Å². The molecule has 1 aromatic carbocycles. The number of thioether (sulfide) groups is 1. The summed E-state index contributed by atoms with van der Waals surface area (Å²) in [6, 6.07) is 5.23. The Labute approximate surface area is 238 Å². The fourth-order valence-corrected chi connectivity index (χ4v) is 7.66. The molecule has 208 valence electrons. The molecule has 3 aromatic rings. The highest BCUT2D eigenvalue weighted by Gasteiger charge is 2.29. The zero-order chi connectivity index (χ0) is 28.1. The first kappa shape index (κ1) is 29.0. The summed E-state index contributed by atoms with van der Waals surface area (Å²) >= 11 is 3.93. The van der Waals surface area contributed by atoms with Crippen LogP contribution in [0.1, 0.15) is 58.3 Å². The molecule has 1 N–H and O–H groups in total. The number of thiazole rings is 1. The molecule has 0 spiro atoms. The van der Waals surface area contributed by atoms with E-state index in [9.17, 15) is 19.2 Å². The summed E-state index contributed by atoms with van der Waals surface area (Å²) in [6.45, 7) is 6.77. The number of ether oxygens (including phenoxy) is 2. The first-order chi connectivity index (χ1) is 18.7. The average molecular weight is 590 g/mol. The molecule has 0 bridgehead atoms. The third-order valence-electron chi connectivity index (χ3n) is 6.34. The van der Waals surface area contributed by atoms with E-state index >= 15 is 0 Å². The van der Waals surface area contributed by atoms with Crippen molar-refractivity contribution < 1.29 is 28.7 Å². The largest absolute Gasteiger partial charge is 0.465 e. The molecule has 12 heteroatoms. The number of fused-ring (bicyclic) bond motifs is 2. The topological polar surface area (TPSA) is 116 Å². The molecule has 0 saturated carbocycles.